The third kappa shape index (κ3) is 3.19. The Morgan fingerprint density at radius 1 is 1.00 bits per heavy atom. The van der Waals surface area contributed by atoms with Crippen molar-refractivity contribution in [2.45, 2.75) is 36.2 Å². The van der Waals surface area contributed by atoms with Crippen molar-refractivity contribution in [1.82, 2.24) is 0 Å². The normalized spacial score (nSPS) is 19.0. The molecule has 1 spiro atoms. The first kappa shape index (κ1) is 18.3. The molecule has 2 aromatic rings. The SMILES string of the molecule is CS(=O)(=O)c1ccc(C2=C(c3cccc(Cl)c3)C(=O)C3(CCCC3)O2)cc1. The van der Waals surface area contributed by atoms with Crippen LogP contribution in [0.3, 0.4) is 0 Å². The molecule has 0 amide bonds. The molecule has 6 heteroatoms. The first-order valence-corrected chi connectivity index (χ1v) is 11.1. The van der Waals surface area contributed by atoms with E-state index in [1.54, 1.807) is 36.4 Å². The molecule has 2 aliphatic rings. The predicted octanol–water partition coefficient (Wildman–Crippen LogP) is 4.52. The second kappa shape index (κ2) is 6.50. The third-order valence-corrected chi connectivity index (χ3v) is 6.60. The first-order chi connectivity index (χ1) is 12.8. The summed E-state index contributed by atoms with van der Waals surface area (Å²) in [6, 6.07) is 13.6. The van der Waals surface area contributed by atoms with Crippen molar-refractivity contribution in [2.75, 3.05) is 6.26 Å². The summed E-state index contributed by atoms with van der Waals surface area (Å²) >= 11 is 6.15. The molecule has 4 nitrogen and oxygen atoms in total. The quantitative estimate of drug-likeness (QED) is 0.757. The zero-order valence-corrected chi connectivity index (χ0v) is 16.4. The fraction of sp³-hybridized carbons (Fsp3) is 0.286. The summed E-state index contributed by atoms with van der Waals surface area (Å²) in [5.74, 6) is 0.494. The summed E-state index contributed by atoms with van der Waals surface area (Å²) in [5, 5.41) is 0.548. The van der Waals surface area contributed by atoms with E-state index in [1.807, 2.05) is 12.1 Å². The average molecular weight is 403 g/mol. The van der Waals surface area contributed by atoms with Crippen LogP contribution in [-0.4, -0.2) is 26.1 Å². The lowest BCUT2D eigenvalue weighted by Crippen LogP contribution is -2.33. The van der Waals surface area contributed by atoms with Gasteiger partial charge in [-0.3, -0.25) is 4.79 Å². The average Bonchev–Trinajstić information content (AvgIpc) is 3.21. The van der Waals surface area contributed by atoms with Crippen LogP contribution in [0.1, 0.15) is 36.8 Å². The zero-order chi connectivity index (χ0) is 19.2. The number of sulfone groups is 1. The Morgan fingerprint density at radius 3 is 2.26 bits per heavy atom. The van der Waals surface area contributed by atoms with Gasteiger partial charge >= 0.3 is 0 Å². The molecule has 2 aromatic carbocycles. The van der Waals surface area contributed by atoms with E-state index in [-0.39, 0.29) is 10.7 Å². The summed E-state index contributed by atoms with van der Waals surface area (Å²) in [6.45, 7) is 0. The van der Waals surface area contributed by atoms with Gasteiger partial charge in [-0.15, -0.1) is 0 Å². The van der Waals surface area contributed by atoms with Gasteiger partial charge in [0.15, 0.2) is 15.4 Å². The van der Waals surface area contributed by atoms with Crippen molar-refractivity contribution >= 4 is 38.6 Å². The maximum absolute atomic E-state index is 13.3. The largest absolute Gasteiger partial charge is 0.478 e. The van der Waals surface area contributed by atoms with E-state index in [2.05, 4.69) is 0 Å². The molecule has 0 saturated heterocycles. The number of benzene rings is 2. The van der Waals surface area contributed by atoms with Gasteiger partial charge in [0, 0.05) is 16.8 Å². The molecule has 1 fully saturated rings. The predicted molar refractivity (Wildman–Crippen MR) is 105 cm³/mol. The number of Topliss-reactive ketones (excluding diaryl/α,β-unsaturated/α-hetero) is 1. The maximum atomic E-state index is 13.3. The van der Waals surface area contributed by atoms with Crippen molar-refractivity contribution in [3.63, 3.8) is 0 Å². The number of ether oxygens (including phenoxy) is 1. The smallest absolute Gasteiger partial charge is 0.210 e. The monoisotopic (exact) mass is 402 g/mol. The molecular weight excluding hydrogens is 384 g/mol. The summed E-state index contributed by atoms with van der Waals surface area (Å²) in [4.78, 5) is 13.6. The highest BCUT2D eigenvalue weighted by Gasteiger charge is 2.51. The van der Waals surface area contributed by atoms with E-state index >= 15 is 0 Å². The highest BCUT2D eigenvalue weighted by molar-refractivity contribution is 7.90. The Morgan fingerprint density at radius 2 is 1.67 bits per heavy atom. The molecule has 0 atom stereocenters. The fourth-order valence-electron chi connectivity index (χ4n) is 3.86. The van der Waals surface area contributed by atoms with Gasteiger partial charge in [-0.2, -0.15) is 0 Å². The zero-order valence-electron chi connectivity index (χ0n) is 14.9. The summed E-state index contributed by atoms with van der Waals surface area (Å²) in [5.41, 5.74) is 1.13. The van der Waals surface area contributed by atoms with E-state index < -0.39 is 15.4 Å². The van der Waals surface area contributed by atoms with Gasteiger partial charge in [-0.1, -0.05) is 23.7 Å². The van der Waals surface area contributed by atoms with Crippen LogP contribution < -0.4 is 0 Å². The number of hydrogen-bond donors (Lipinski definition) is 0. The van der Waals surface area contributed by atoms with Crippen molar-refractivity contribution in [3.8, 4) is 0 Å². The highest BCUT2D eigenvalue weighted by Crippen LogP contribution is 2.49. The lowest BCUT2D eigenvalue weighted by Gasteiger charge is -2.22. The van der Waals surface area contributed by atoms with E-state index in [0.29, 0.717) is 34.8 Å². The molecule has 1 aliphatic carbocycles. The van der Waals surface area contributed by atoms with Crippen LogP contribution in [0.4, 0.5) is 0 Å². The number of carbonyl (C=O) groups is 1. The summed E-state index contributed by atoms with van der Waals surface area (Å²) in [7, 11) is -3.29. The van der Waals surface area contributed by atoms with Gasteiger partial charge in [0.2, 0.25) is 5.78 Å². The van der Waals surface area contributed by atoms with Crippen LogP contribution in [0.15, 0.2) is 53.4 Å². The Hall–Kier alpha value is -2.11. The Kier molecular flexibility index (Phi) is 4.40. The molecule has 27 heavy (non-hydrogen) atoms. The van der Waals surface area contributed by atoms with Crippen molar-refractivity contribution in [2.24, 2.45) is 0 Å². The van der Waals surface area contributed by atoms with E-state index in [4.69, 9.17) is 16.3 Å². The van der Waals surface area contributed by atoms with Crippen molar-refractivity contribution in [3.05, 3.63) is 64.7 Å². The molecule has 0 N–H and O–H groups in total. The van der Waals surface area contributed by atoms with Crippen molar-refractivity contribution < 1.29 is 17.9 Å². The second-order valence-electron chi connectivity index (χ2n) is 7.14. The maximum Gasteiger partial charge on any atom is 0.210 e. The minimum Gasteiger partial charge on any atom is -0.478 e. The lowest BCUT2D eigenvalue weighted by atomic mass is 9.89. The van der Waals surface area contributed by atoms with Crippen LogP contribution in [0.2, 0.25) is 5.02 Å². The minimum absolute atomic E-state index is 0.00976. The number of rotatable bonds is 3. The van der Waals surface area contributed by atoms with E-state index in [0.717, 1.165) is 18.4 Å². The molecule has 1 saturated carbocycles. The molecule has 1 aliphatic heterocycles. The van der Waals surface area contributed by atoms with Gasteiger partial charge in [0.1, 0.15) is 5.76 Å². The summed E-state index contributed by atoms with van der Waals surface area (Å²) in [6.07, 6.45) is 4.47. The van der Waals surface area contributed by atoms with Crippen LogP contribution in [0.5, 0.6) is 0 Å². The van der Waals surface area contributed by atoms with Crippen LogP contribution in [0, 0.1) is 0 Å². The minimum atomic E-state index is -3.29. The Balaban J connectivity index is 1.86. The Labute approximate surface area is 163 Å². The van der Waals surface area contributed by atoms with Gasteiger partial charge in [-0.05, 0) is 67.6 Å². The second-order valence-corrected chi connectivity index (χ2v) is 9.60. The lowest BCUT2D eigenvalue weighted by molar-refractivity contribution is -0.127. The summed E-state index contributed by atoms with van der Waals surface area (Å²) < 4.78 is 29.7. The standard InChI is InChI=1S/C21H19ClO4S/c1-27(24,25)17-9-7-14(8-10-17)19-18(15-5-4-6-16(22)13-15)20(23)21(26-19)11-2-3-12-21/h4-10,13H,2-3,11-12H2,1H3. The number of carbonyl (C=O) groups excluding carboxylic acids is 1. The fourth-order valence-corrected chi connectivity index (χ4v) is 4.68. The van der Waals surface area contributed by atoms with Crippen LogP contribution in [-0.2, 0) is 19.4 Å². The topological polar surface area (TPSA) is 60.4 Å². The molecule has 0 bridgehead atoms. The first-order valence-electron chi connectivity index (χ1n) is 8.85. The van der Waals surface area contributed by atoms with Gasteiger partial charge in [0.05, 0.1) is 10.5 Å². The number of hydrogen-bond acceptors (Lipinski definition) is 4. The van der Waals surface area contributed by atoms with Gasteiger partial charge in [0.25, 0.3) is 0 Å². The molecule has 1 heterocycles. The van der Waals surface area contributed by atoms with Gasteiger partial charge < -0.3 is 4.74 Å². The van der Waals surface area contributed by atoms with Crippen LogP contribution in [0.25, 0.3) is 11.3 Å². The molecule has 0 aromatic heterocycles. The molecule has 0 unspecified atom stereocenters. The van der Waals surface area contributed by atoms with E-state index in [1.165, 1.54) is 6.26 Å². The molecule has 4 rings (SSSR count). The van der Waals surface area contributed by atoms with E-state index in [9.17, 15) is 13.2 Å². The molecular formula is C21H19ClO4S. The van der Waals surface area contributed by atoms with Gasteiger partial charge in [-0.25, -0.2) is 8.42 Å². The highest BCUT2D eigenvalue weighted by atomic mass is 35.5. The Bertz CT molecular complexity index is 1050. The molecule has 140 valence electrons. The van der Waals surface area contributed by atoms with Crippen molar-refractivity contribution in [1.29, 1.82) is 0 Å². The van der Waals surface area contributed by atoms with Crippen LogP contribution >= 0.6 is 11.6 Å². The number of halogens is 1. The third-order valence-electron chi connectivity index (χ3n) is 5.23. The molecule has 0 radical (unpaired) electrons. The number of ketones is 1.